The number of halogens is 2. The summed E-state index contributed by atoms with van der Waals surface area (Å²) < 4.78 is 32.7. The number of aromatic nitrogens is 3. The highest BCUT2D eigenvalue weighted by Gasteiger charge is 2.29. The van der Waals surface area contributed by atoms with Crippen molar-refractivity contribution in [3.05, 3.63) is 99.0 Å². The molecular weight excluding hydrogens is 540 g/mol. The van der Waals surface area contributed by atoms with Crippen LogP contribution in [0.3, 0.4) is 0 Å². The van der Waals surface area contributed by atoms with E-state index in [1.54, 1.807) is 12.1 Å². The average molecular weight is 564 g/mol. The second-order valence-corrected chi connectivity index (χ2v) is 9.42. The summed E-state index contributed by atoms with van der Waals surface area (Å²) in [5, 5.41) is 19.0. The predicted molar refractivity (Wildman–Crippen MR) is 139 cm³/mol. The number of carbonyl (C=O) groups excluding carboxylic acids is 3. The second kappa shape index (κ2) is 10.8. The van der Waals surface area contributed by atoms with Crippen molar-refractivity contribution in [3.63, 3.8) is 0 Å². The largest absolute Gasteiger partial charge is 0.477 e. The van der Waals surface area contributed by atoms with Gasteiger partial charge in [0.2, 0.25) is 0 Å². The molecule has 0 bridgehead atoms. The highest BCUT2D eigenvalue weighted by molar-refractivity contribution is 6.01. The van der Waals surface area contributed by atoms with Crippen LogP contribution in [0, 0.1) is 18.6 Å². The van der Waals surface area contributed by atoms with Crippen LogP contribution in [0.25, 0.3) is 5.65 Å². The molecule has 5 rings (SSSR count). The number of esters is 1. The van der Waals surface area contributed by atoms with Gasteiger partial charge in [0.05, 0.1) is 24.9 Å². The molecule has 0 saturated heterocycles. The average Bonchev–Trinajstić information content (AvgIpc) is 3.57. The van der Waals surface area contributed by atoms with Gasteiger partial charge in [-0.2, -0.15) is 5.10 Å². The first kappa shape index (κ1) is 27.4. The van der Waals surface area contributed by atoms with E-state index in [1.807, 2.05) is 6.92 Å². The molecule has 2 aromatic carbocycles. The first-order chi connectivity index (χ1) is 19.6. The lowest BCUT2D eigenvalue weighted by Gasteiger charge is -2.16. The molecular formula is C28H23F2N5O6. The van der Waals surface area contributed by atoms with Crippen LogP contribution in [0.2, 0.25) is 0 Å². The molecule has 2 heterocycles. The molecule has 0 fully saturated rings. The maximum Gasteiger partial charge on any atom is 0.341 e. The molecule has 13 heteroatoms. The summed E-state index contributed by atoms with van der Waals surface area (Å²) in [6.07, 6.45) is 2.17. The molecule has 2 amide bonds. The van der Waals surface area contributed by atoms with Gasteiger partial charge in [0.15, 0.2) is 17.3 Å². The van der Waals surface area contributed by atoms with Crippen LogP contribution >= 0.6 is 0 Å². The Hall–Kier alpha value is -5.20. The van der Waals surface area contributed by atoms with Gasteiger partial charge in [0.25, 0.3) is 11.8 Å². The van der Waals surface area contributed by atoms with Gasteiger partial charge >= 0.3 is 11.9 Å². The first-order valence-corrected chi connectivity index (χ1v) is 12.4. The van der Waals surface area contributed by atoms with Crippen LogP contribution in [0.1, 0.15) is 76.4 Å². The number of rotatable bonds is 7. The van der Waals surface area contributed by atoms with E-state index < -0.39 is 41.4 Å². The number of methoxy groups -OCH3 is 1. The molecule has 0 aliphatic heterocycles. The zero-order valence-electron chi connectivity index (χ0n) is 21.8. The normalized spacial score (nSPS) is 14.0. The molecule has 2 aromatic heterocycles. The number of nitrogens with one attached hydrogen (secondary N) is 2. The minimum absolute atomic E-state index is 0.142. The Bertz CT molecular complexity index is 1750. The van der Waals surface area contributed by atoms with Crippen molar-refractivity contribution in [2.24, 2.45) is 0 Å². The zero-order valence-corrected chi connectivity index (χ0v) is 21.8. The Morgan fingerprint density at radius 1 is 1.07 bits per heavy atom. The fourth-order valence-corrected chi connectivity index (χ4v) is 4.91. The van der Waals surface area contributed by atoms with E-state index in [1.165, 1.54) is 19.2 Å². The lowest BCUT2D eigenvalue weighted by molar-refractivity contribution is 0.0598. The number of aromatic carboxylic acids is 1. The molecule has 3 N–H and O–H groups in total. The third-order valence-corrected chi connectivity index (χ3v) is 7.01. The molecule has 1 atom stereocenters. The molecule has 1 unspecified atom stereocenters. The van der Waals surface area contributed by atoms with E-state index in [0.29, 0.717) is 18.4 Å². The van der Waals surface area contributed by atoms with Crippen LogP contribution in [-0.4, -0.2) is 50.6 Å². The Morgan fingerprint density at radius 2 is 1.85 bits per heavy atom. The number of carboxylic acid groups (broad SMARTS) is 1. The smallest absolute Gasteiger partial charge is 0.341 e. The number of fused-ring (bicyclic) bond motifs is 2. The summed E-state index contributed by atoms with van der Waals surface area (Å²) in [7, 11) is 1.30. The number of amides is 2. The van der Waals surface area contributed by atoms with E-state index in [-0.39, 0.29) is 34.7 Å². The molecule has 11 nitrogen and oxygen atoms in total. The fourth-order valence-electron chi connectivity index (χ4n) is 4.91. The number of hydrogen-bond acceptors (Lipinski definition) is 7. The Morgan fingerprint density at radius 3 is 2.56 bits per heavy atom. The number of carboxylic acids is 1. The lowest BCUT2D eigenvalue weighted by atomic mass is 9.98. The zero-order chi connectivity index (χ0) is 29.4. The topological polar surface area (TPSA) is 152 Å². The first-order valence-electron chi connectivity index (χ1n) is 12.4. The number of hydrogen-bond donors (Lipinski definition) is 3. The van der Waals surface area contributed by atoms with Gasteiger partial charge in [-0.1, -0.05) is 12.1 Å². The molecule has 210 valence electrons. The maximum atomic E-state index is 13.6. The molecule has 1 aliphatic rings. The van der Waals surface area contributed by atoms with Gasteiger partial charge in [-0.15, -0.1) is 0 Å². The second-order valence-electron chi connectivity index (χ2n) is 9.42. The quantitative estimate of drug-likeness (QED) is 0.290. The van der Waals surface area contributed by atoms with E-state index in [2.05, 4.69) is 20.7 Å². The summed E-state index contributed by atoms with van der Waals surface area (Å²) in [4.78, 5) is 54.4. The Kier molecular flexibility index (Phi) is 7.18. The lowest BCUT2D eigenvalue weighted by Crippen LogP contribution is -2.31. The monoisotopic (exact) mass is 563 g/mol. The molecule has 0 spiro atoms. The van der Waals surface area contributed by atoms with Gasteiger partial charge < -0.3 is 20.5 Å². The summed E-state index contributed by atoms with van der Waals surface area (Å²) in [5.74, 6) is -5.35. The molecule has 0 saturated carbocycles. The number of carbonyl (C=O) groups is 4. The van der Waals surface area contributed by atoms with Crippen molar-refractivity contribution in [2.45, 2.75) is 32.4 Å². The van der Waals surface area contributed by atoms with Gasteiger partial charge in [0, 0.05) is 12.6 Å². The van der Waals surface area contributed by atoms with Crippen LogP contribution in [0.4, 0.5) is 8.78 Å². The van der Waals surface area contributed by atoms with Crippen molar-refractivity contribution >= 4 is 29.4 Å². The highest BCUT2D eigenvalue weighted by Crippen LogP contribution is 2.35. The van der Waals surface area contributed by atoms with Crippen molar-refractivity contribution in [1.29, 1.82) is 0 Å². The van der Waals surface area contributed by atoms with E-state index in [9.17, 15) is 33.1 Å². The Labute approximate surface area is 231 Å². The van der Waals surface area contributed by atoms with E-state index >= 15 is 0 Å². The summed E-state index contributed by atoms with van der Waals surface area (Å²) in [6, 6.07) is 7.28. The van der Waals surface area contributed by atoms with E-state index in [0.717, 1.165) is 39.5 Å². The van der Waals surface area contributed by atoms with Crippen LogP contribution in [-0.2, 0) is 17.7 Å². The molecule has 4 aromatic rings. The number of nitrogens with zero attached hydrogens (tertiary/aromatic N) is 3. The predicted octanol–water partition coefficient (Wildman–Crippen LogP) is 3.15. The van der Waals surface area contributed by atoms with Gasteiger partial charge in [-0.05, 0) is 60.2 Å². The minimum atomic E-state index is -1.36. The van der Waals surface area contributed by atoms with Crippen LogP contribution in [0.15, 0.2) is 42.6 Å². The molecule has 41 heavy (non-hydrogen) atoms. The highest BCUT2D eigenvalue weighted by atomic mass is 19.2. The molecule has 0 radical (unpaired) electrons. The van der Waals surface area contributed by atoms with E-state index in [4.69, 9.17) is 4.74 Å². The third-order valence-electron chi connectivity index (χ3n) is 7.01. The SMILES string of the molecule is COC(=O)c1ccc2c(c1C)CCC2NC(=O)c1cc(C(=O)NCc2ccc(F)c(F)c2)nc2c(C(=O)O)cnn12. The summed E-state index contributed by atoms with van der Waals surface area (Å²) >= 11 is 0. The number of benzene rings is 2. The minimum Gasteiger partial charge on any atom is -0.477 e. The summed E-state index contributed by atoms with van der Waals surface area (Å²) in [5.41, 5.74) is 2.24. The van der Waals surface area contributed by atoms with Crippen molar-refractivity contribution in [3.8, 4) is 0 Å². The third kappa shape index (κ3) is 5.09. The van der Waals surface area contributed by atoms with Crippen molar-refractivity contribution < 1.29 is 37.8 Å². The fraction of sp³-hybridized carbons (Fsp3) is 0.214. The van der Waals surface area contributed by atoms with Crippen molar-refractivity contribution in [2.75, 3.05) is 7.11 Å². The van der Waals surface area contributed by atoms with Gasteiger partial charge in [-0.3, -0.25) is 9.59 Å². The van der Waals surface area contributed by atoms with Gasteiger partial charge in [0.1, 0.15) is 17.0 Å². The van der Waals surface area contributed by atoms with Crippen LogP contribution < -0.4 is 10.6 Å². The maximum absolute atomic E-state index is 13.6. The Balaban J connectivity index is 1.44. The summed E-state index contributed by atoms with van der Waals surface area (Å²) in [6.45, 7) is 1.63. The van der Waals surface area contributed by atoms with Crippen molar-refractivity contribution in [1.82, 2.24) is 25.2 Å². The number of ether oxygens (including phenoxy) is 1. The van der Waals surface area contributed by atoms with Gasteiger partial charge in [-0.25, -0.2) is 27.9 Å². The standard InChI is InChI=1S/C28H23F2N5O6/c1-13-15-6-8-21(17(15)5-4-16(13)28(40)41-2)34-26(37)23-10-22(33-24-18(27(38)39)12-32-35(23)24)25(36)31-11-14-3-7-19(29)20(30)9-14/h3-5,7,9-10,12,21H,6,8,11H2,1-2H3,(H,31,36)(H,34,37)(H,38,39). The molecule has 1 aliphatic carbocycles. The van der Waals surface area contributed by atoms with Crippen LogP contribution in [0.5, 0.6) is 0 Å².